The van der Waals surface area contributed by atoms with Crippen molar-refractivity contribution in [3.8, 4) is 17.2 Å². The summed E-state index contributed by atoms with van der Waals surface area (Å²) in [6.45, 7) is 12.0. The van der Waals surface area contributed by atoms with E-state index >= 15 is 0 Å². The Morgan fingerprint density at radius 2 is 1.55 bits per heavy atom. The van der Waals surface area contributed by atoms with Crippen LogP contribution in [0.15, 0.2) is 62.9 Å². The molecule has 2 aromatic rings. The normalized spacial score (nSPS) is 11.8. The molecule has 40 heavy (non-hydrogen) atoms. The van der Waals surface area contributed by atoms with Crippen LogP contribution < -0.4 is 19.8 Å². The van der Waals surface area contributed by atoms with E-state index in [-0.39, 0.29) is 12.4 Å². The van der Waals surface area contributed by atoms with Gasteiger partial charge < -0.3 is 18.6 Å². The maximum absolute atomic E-state index is 13.0. The fourth-order valence-corrected chi connectivity index (χ4v) is 4.39. The lowest BCUT2D eigenvalue weighted by Gasteiger charge is -2.14. The number of unbranched alkanes of at least 4 members (excludes halogenated alkanes) is 7. The van der Waals surface area contributed by atoms with Crippen molar-refractivity contribution in [2.24, 2.45) is 0 Å². The van der Waals surface area contributed by atoms with Crippen LogP contribution in [0.1, 0.15) is 112 Å². The first-order chi connectivity index (χ1) is 19.5. The van der Waals surface area contributed by atoms with Crippen LogP contribution in [0.3, 0.4) is 0 Å². The van der Waals surface area contributed by atoms with Crippen LogP contribution in [-0.4, -0.2) is 19.8 Å². The van der Waals surface area contributed by atoms with Crippen molar-refractivity contribution in [3.05, 3.63) is 64.1 Å². The maximum atomic E-state index is 13.0. The minimum Gasteiger partial charge on any atom is -0.493 e. The van der Waals surface area contributed by atoms with Crippen molar-refractivity contribution >= 4 is 11.0 Å². The smallest absolute Gasteiger partial charge is 0.383 e. The summed E-state index contributed by atoms with van der Waals surface area (Å²) in [7, 11) is 0. The Balaban J connectivity index is 2.12. The second-order valence-electron chi connectivity index (χ2n) is 10.7. The molecule has 1 aromatic heterocycles. The van der Waals surface area contributed by atoms with Crippen molar-refractivity contribution in [1.82, 2.24) is 0 Å². The first-order valence-corrected chi connectivity index (χ1v) is 15.4. The fourth-order valence-electron chi connectivity index (χ4n) is 4.39. The number of ether oxygens (including phenoxy) is 3. The molecule has 5 nitrogen and oxygen atoms in total. The molecule has 1 heterocycles. The van der Waals surface area contributed by atoms with Crippen LogP contribution in [0, 0.1) is 0 Å². The summed E-state index contributed by atoms with van der Waals surface area (Å²) < 4.78 is 23.8. The van der Waals surface area contributed by atoms with Crippen molar-refractivity contribution in [3.63, 3.8) is 0 Å². The molecule has 0 aliphatic carbocycles. The van der Waals surface area contributed by atoms with E-state index in [0.717, 1.165) is 43.9 Å². The monoisotopic (exact) mass is 552 g/mol. The van der Waals surface area contributed by atoms with Crippen LogP contribution in [-0.2, 0) is 0 Å². The molecular weight excluding hydrogens is 500 g/mol. The third kappa shape index (κ3) is 12.9. The van der Waals surface area contributed by atoms with Gasteiger partial charge in [0.05, 0.1) is 18.6 Å². The molecule has 0 aliphatic heterocycles. The van der Waals surface area contributed by atoms with Gasteiger partial charge in [-0.05, 0) is 71.1 Å². The van der Waals surface area contributed by atoms with Crippen LogP contribution >= 0.6 is 0 Å². The van der Waals surface area contributed by atoms with E-state index in [0.29, 0.717) is 30.3 Å². The molecule has 0 N–H and O–H groups in total. The Morgan fingerprint density at radius 3 is 2.27 bits per heavy atom. The summed E-state index contributed by atoms with van der Waals surface area (Å²) >= 11 is 0. The first-order valence-electron chi connectivity index (χ1n) is 15.4. The highest BCUT2D eigenvalue weighted by molar-refractivity contribution is 5.86. The Hall–Kier alpha value is -2.95. The topological polar surface area (TPSA) is 57.9 Å². The van der Waals surface area contributed by atoms with Gasteiger partial charge in [-0.15, -0.1) is 0 Å². The van der Waals surface area contributed by atoms with Crippen LogP contribution in [0.25, 0.3) is 11.0 Å². The van der Waals surface area contributed by atoms with Crippen LogP contribution in [0.2, 0.25) is 0 Å². The largest absolute Gasteiger partial charge is 0.493 e. The second-order valence-corrected chi connectivity index (χ2v) is 10.7. The lowest BCUT2D eigenvalue weighted by molar-refractivity contribution is 0.269. The molecule has 2 rings (SSSR count). The van der Waals surface area contributed by atoms with Crippen LogP contribution in [0.5, 0.6) is 17.2 Å². The van der Waals surface area contributed by atoms with Gasteiger partial charge in [0.15, 0.2) is 5.75 Å². The van der Waals surface area contributed by atoms with Gasteiger partial charge in [-0.25, -0.2) is 4.79 Å². The van der Waals surface area contributed by atoms with E-state index < -0.39 is 5.63 Å². The summed E-state index contributed by atoms with van der Waals surface area (Å²) in [4.78, 5) is 13.0. The highest BCUT2D eigenvalue weighted by Crippen LogP contribution is 2.35. The molecule has 5 heteroatoms. The number of hydrogen-bond donors (Lipinski definition) is 0. The predicted octanol–water partition coefficient (Wildman–Crippen LogP) is 10.1. The van der Waals surface area contributed by atoms with E-state index in [1.54, 1.807) is 6.07 Å². The summed E-state index contributed by atoms with van der Waals surface area (Å²) in [5.74, 6) is 1.26. The Kier molecular flexibility index (Phi) is 16.6. The molecule has 0 saturated carbocycles. The van der Waals surface area contributed by atoms with E-state index in [4.69, 9.17) is 18.6 Å². The summed E-state index contributed by atoms with van der Waals surface area (Å²) in [5, 5.41) is 0.719. The molecule has 0 spiro atoms. The minimum absolute atomic E-state index is 0.138. The average Bonchev–Trinajstić information content (AvgIpc) is 2.92. The Morgan fingerprint density at radius 1 is 0.800 bits per heavy atom. The van der Waals surface area contributed by atoms with Gasteiger partial charge in [0.2, 0.25) is 5.75 Å². The minimum atomic E-state index is -0.531. The predicted molar refractivity (Wildman–Crippen MR) is 168 cm³/mol. The third-order valence-electron chi connectivity index (χ3n) is 6.74. The quantitative estimate of drug-likeness (QED) is 0.0876. The molecule has 222 valence electrons. The van der Waals surface area contributed by atoms with E-state index in [2.05, 4.69) is 52.8 Å². The molecule has 0 radical (unpaired) electrons. The molecule has 0 saturated heterocycles. The van der Waals surface area contributed by atoms with E-state index in [1.807, 2.05) is 18.2 Å². The number of benzene rings is 1. The standard InChI is InChI=1S/C35H52O5/c1-6-8-10-12-13-14-15-17-25-38-33-31-22-21-30(37-24-16-11-9-7-2)27-32(31)40-35(36)34(33)39-26-23-29(5)20-18-19-28(3)4/h9,11,19,21-23,27H,6-8,10,12-18,20,24-26H2,1-5H3/b11-9+,29-23+. The summed E-state index contributed by atoms with van der Waals surface area (Å²) in [5.41, 5.74) is 2.45. The number of allylic oxidation sites excluding steroid dienone is 4. The van der Waals surface area contributed by atoms with Gasteiger partial charge in [-0.2, -0.15) is 0 Å². The van der Waals surface area contributed by atoms with Gasteiger partial charge in [0.1, 0.15) is 17.9 Å². The number of hydrogen-bond acceptors (Lipinski definition) is 5. The summed E-state index contributed by atoms with van der Waals surface area (Å²) in [6.07, 6.45) is 22.0. The van der Waals surface area contributed by atoms with Crippen molar-refractivity contribution < 1.29 is 18.6 Å². The Bertz CT molecular complexity index is 1130. The van der Waals surface area contributed by atoms with Crippen molar-refractivity contribution in [2.45, 2.75) is 112 Å². The van der Waals surface area contributed by atoms with Gasteiger partial charge in [0, 0.05) is 6.07 Å². The zero-order valence-electron chi connectivity index (χ0n) is 25.7. The highest BCUT2D eigenvalue weighted by atomic mass is 16.5. The Labute approximate surface area is 242 Å². The van der Waals surface area contributed by atoms with Gasteiger partial charge >= 0.3 is 5.63 Å². The highest BCUT2D eigenvalue weighted by Gasteiger charge is 2.18. The zero-order valence-corrected chi connectivity index (χ0v) is 25.7. The molecule has 0 fully saturated rings. The maximum Gasteiger partial charge on any atom is 0.383 e. The SMILES string of the molecule is CC/C=C/CCOc1ccc2c(OCCCCCCCCCC)c(OC/C=C(\C)CCC=C(C)C)c(=O)oc2c1. The number of fused-ring (bicyclic) bond motifs is 1. The van der Waals surface area contributed by atoms with Gasteiger partial charge in [-0.1, -0.05) is 88.2 Å². The molecule has 0 unspecified atom stereocenters. The average molecular weight is 553 g/mol. The van der Waals surface area contributed by atoms with Crippen molar-refractivity contribution in [1.29, 1.82) is 0 Å². The van der Waals surface area contributed by atoms with Gasteiger partial charge in [-0.3, -0.25) is 0 Å². The lowest BCUT2D eigenvalue weighted by atomic mass is 10.1. The lowest BCUT2D eigenvalue weighted by Crippen LogP contribution is -2.11. The summed E-state index contributed by atoms with van der Waals surface area (Å²) in [6, 6.07) is 5.55. The van der Waals surface area contributed by atoms with E-state index in [1.165, 1.54) is 49.7 Å². The van der Waals surface area contributed by atoms with Crippen molar-refractivity contribution in [2.75, 3.05) is 19.8 Å². The first kappa shape index (κ1) is 33.3. The van der Waals surface area contributed by atoms with Gasteiger partial charge in [0.25, 0.3) is 0 Å². The second kappa shape index (κ2) is 20.0. The molecular formula is C35H52O5. The molecule has 0 amide bonds. The molecule has 0 atom stereocenters. The van der Waals surface area contributed by atoms with Crippen LogP contribution in [0.4, 0.5) is 0 Å². The zero-order chi connectivity index (χ0) is 29.0. The fraction of sp³-hybridized carbons (Fsp3) is 0.571. The molecule has 0 aliphatic rings. The molecule has 1 aromatic carbocycles. The molecule has 0 bridgehead atoms. The third-order valence-corrected chi connectivity index (χ3v) is 6.74. The number of rotatable bonds is 21. The van der Waals surface area contributed by atoms with E-state index in [9.17, 15) is 4.79 Å².